The molecule has 4 unspecified atom stereocenters. The van der Waals surface area contributed by atoms with Gasteiger partial charge in [-0.05, 0) is 55.0 Å². The number of hydrogen-bond donors (Lipinski definition) is 3. The third kappa shape index (κ3) is 5.81. The predicted molar refractivity (Wildman–Crippen MR) is 167 cm³/mol. The Bertz CT molecular complexity index is 1340. The second-order valence-electron chi connectivity index (χ2n) is 13.4. The summed E-state index contributed by atoms with van der Waals surface area (Å²) in [6.07, 6.45) is 0.574. The summed E-state index contributed by atoms with van der Waals surface area (Å²) >= 11 is 12.6. The van der Waals surface area contributed by atoms with E-state index in [1.165, 1.54) is 6.07 Å². The number of anilines is 1. The van der Waals surface area contributed by atoms with Crippen molar-refractivity contribution in [2.45, 2.75) is 70.5 Å². The minimum absolute atomic E-state index is 0.0450. The Hall–Kier alpha value is -2.23. The lowest BCUT2D eigenvalue weighted by molar-refractivity contribution is -0.124. The highest BCUT2D eigenvalue weighted by Crippen LogP contribution is 2.57. The Morgan fingerprint density at radius 2 is 1.86 bits per heavy atom. The number of rotatable bonds is 7. The first-order valence-electron chi connectivity index (χ1n) is 14.9. The topological polar surface area (TPSA) is 76.7 Å². The van der Waals surface area contributed by atoms with Crippen molar-refractivity contribution in [1.82, 2.24) is 20.4 Å². The molecule has 2 aromatic carbocycles. The molecule has 10 heteroatoms. The molecule has 3 N–H and O–H groups in total. The van der Waals surface area contributed by atoms with Crippen LogP contribution in [0.15, 0.2) is 36.4 Å². The van der Waals surface area contributed by atoms with Crippen LogP contribution in [-0.4, -0.2) is 79.0 Å². The summed E-state index contributed by atoms with van der Waals surface area (Å²) in [6, 6.07) is 9.30. The van der Waals surface area contributed by atoms with Crippen LogP contribution >= 0.6 is 23.2 Å². The van der Waals surface area contributed by atoms with Gasteiger partial charge in [0.1, 0.15) is 11.2 Å². The van der Waals surface area contributed by atoms with E-state index in [2.05, 4.69) is 60.4 Å². The van der Waals surface area contributed by atoms with Crippen LogP contribution in [0.2, 0.25) is 10.0 Å². The number of hydrogen-bond acceptors (Lipinski definition) is 5. The van der Waals surface area contributed by atoms with Gasteiger partial charge < -0.3 is 16.0 Å². The molecule has 0 radical (unpaired) electrons. The minimum Gasteiger partial charge on any atom is -0.353 e. The molecule has 4 atom stereocenters. The van der Waals surface area contributed by atoms with Gasteiger partial charge in [-0.25, -0.2) is 4.39 Å². The summed E-state index contributed by atoms with van der Waals surface area (Å²) in [5.41, 5.74) is 0.0903. The van der Waals surface area contributed by atoms with Crippen LogP contribution in [0.4, 0.5) is 10.1 Å². The molecule has 7 nitrogen and oxygen atoms in total. The summed E-state index contributed by atoms with van der Waals surface area (Å²) in [7, 11) is 0. The molecular formula is C32H42Cl2FN5O2. The fourth-order valence-corrected chi connectivity index (χ4v) is 7.46. The molecule has 2 saturated heterocycles. The normalized spacial score (nSPS) is 26.6. The van der Waals surface area contributed by atoms with Crippen LogP contribution in [0.1, 0.15) is 58.1 Å². The monoisotopic (exact) mass is 617 g/mol. The van der Waals surface area contributed by atoms with Gasteiger partial charge in [0.25, 0.3) is 0 Å². The zero-order valence-corrected chi connectivity index (χ0v) is 26.6. The molecule has 0 aromatic heterocycles. The molecule has 228 valence electrons. The zero-order chi connectivity index (χ0) is 30.4. The Morgan fingerprint density at radius 3 is 2.52 bits per heavy atom. The maximum atomic E-state index is 15.9. The van der Waals surface area contributed by atoms with E-state index in [1.807, 2.05) is 6.07 Å². The van der Waals surface area contributed by atoms with Gasteiger partial charge in [0.15, 0.2) is 0 Å². The van der Waals surface area contributed by atoms with E-state index < -0.39 is 29.2 Å². The summed E-state index contributed by atoms with van der Waals surface area (Å²) in [5.74, 6) is -1.99. The highest BCUT2D eigenvalue weighted by molar-refractivity contribution is 6.31. The fourth-order valence-electron chi connectivity index (χ4n) is 7.10. The molecule has 0 aliphatic carbocycles. The second-order valence-corrected chi connectivity index (χ2v) is 14.2. The third-order valence-electron chi connectivity index (χ3n) is 9.09. The molecule has 2 amide bonds. The van der Waals surface area contributed by atoms with Gasteiger partial charge in [-0.15, -0.1) is 0 Å². The number of halogens is 3. The smallest absolute Gasteiger partial charge is 0.237 e. The molecule has 0 bridgehead atoms. The van der Waals surface area contributed by atoms with E-state index in [-0.39, 0.29) is 27.8 Å². The van der Waals surface area contributed by atoms with Crippen molar-refractivity contribution in [1.29, 1.82) is 0 Å². The first-order valence-corrected chi connectivity index (χ1v) is 15.6. The lowest BCUT2D eigenvalue weighted by atomic mass is 9.62. The van der Waals surface area contributed by atoms with Crippen LogP contribution in [0, 0.1) is 11.2 Å². The highest BCUT2D eigenvalue weighted by Gasteiger charge is 2.66. The third-order valence-corrected chi connectivity index (χ3v) is 9.61. The molecule has 5 rings (SSSR count). The summed E-state index contributed by atoms with van der Waals surface area (Å²) in [4.78, 5) is 33.0. The maximum Gasteiger partial charge on any atom is 0.237 e. The van der Waals surface area contributed by atoms with Crippen molar-refractivity contribution in [2.24, 2.45) is 5.41 Å². The Morgan fingerprint density at radius 1 is 1.14 bits per heavy atom. The Labute approximate surface area is 258 Å². The molecule has 42 heavy (non-hydrogen) atoms. The van der Waals surface area contributed by atoms with Crippen molar-refractivity contribution >= 4 is 40.7 Å². The molecule has 3 heterocycles. The van der Waals surface area contributed by atoms with Gasteiger partial charge in [0.2, 0.25) is 11.8 Å². The largest absolute Gasteiger partial charge is 0.353 e. The number of carbonyl (C=O) groups is 2. The van der Waals surface area contributed by atoms with Gasteiger partial charge in [-0.3, -0.25) is 19.4 Å². The average molecular weight is 619 g/mol. The molecule has 2 fully saturated rings. The van der Waals surface area contributed by atoms with Crippen LogP contribution < -0.4 is 16.0 Å². The van der Waals surface area contributed by atoms with E-state index in [1.54, 1.807) is 24.3 Å². The van der Waals surface area contributed by atoms with Crippen LogP contribution in [0.5, 0.6) is 0 Å². The zero-order valence-electron chi connectivity index (χ0n) is 25.1. The van der Waals surface area contributed by atoms with Crippen molar-refractivity contribution in [2.75, 3.05) is 44.6 Å². The number of amides is 2. The highest BCUT2D eigenvalue weighted by atomic mass is 35.5. The van der Waals surface area contributed by atoms with E-state index >= 15 is 4.39 Å². The lowest BCUT2D eigenvalue weighted by Crippen LogP contribution is -2.51. The number of benzene rings is 2. The van der Waals surface area contributed by atoms with E-state index in [4.69, 9.17) is 23.2 Å². The molecular weight excluding hydrogens is 576 g/mol. The minimum atomic E-state index is -1.26. The predicted octanol–water partition coefficient (Wildman–Crippen LogP) is 5.03. The van der Waals surface area contributed by atoms with Gasteiger partial charge in [-0.1, -0.05) is 62.2 Å². The van der Waals surface area contributed by atoms with E-state index in [9.17, 15) is 9.59 Å². The molecule has 3 aliphatic heterocycles. The molecule has 1 spiro atoms. The van der Waals surface area contributed by atoms with Gasteiger partial charge >= 0.3 is 0 Å². The first-order chi connectivity index (χ1) is 19.8. The standard InChI is InChI=1S/C32H42Cl2FN5O2/c1-19(2)40-15-13-39(14-16-40)12-11-36-29(41)28-26(21-7-6-8-23(34)27(21)35)32(25(38-28)18-31(3,4)5)22-10-9-20(33)17-24(22)37-30(32)42/h6-10,17,19,25-26,28,38H,11-16,18H2,1-5H3,(H,36,41)(H,37,42). The van der Waals surface area contributed by atoms with E-state index in [0.29, 0.717) is 35.3 Å². The van der Waals surface area contributed by atoms with Crippen LogP contribution in [-0.2, 0) is 15.0 Å². The van der Waals surface area contributed by atoms with Crippen LogP contribution in [0.25, 0.3) is 0 Å². The Kier molecular flexibility index (Phi) is 8.95. The average Bonchev–Trinajstić information content (AvgIpc) is 3.39. The van der Waals surface area contributed by atoms with Crippen molar-refractivity contribution < 1.29 is 14.0 Å². The molecule has 2 aromatic rings. The van der Waals surface area contributed by atoms with Gasteiger partial charge in [0, 0.05) is 68.0 Å². The quantitative estimate of drug-likeness (QED) is 0.406. The fraction of sp³-hybridized carbons (Fsp3) is 0.562. The number of nitrogens with one attached hydrogen (secondary N) is 3. The summed E-state index contributed by atoms with van der Waals surface area (Å²) in [6.45, 7) is 15.8. The van der Waals surface area contributed by atoms with Gasteiger partial charge in [-0.2, -0.15) is 0 Å². The van der Waals surface area contributed by atoms with E-state index in [0.717, 1.165) is 32.7 Å². The Balaban J connectivity index is 1.50. The van der Waals surface area contributed by atoms with Crippen molar-refractivity contribution in [3.05, 3.63) is 63.4 Å². The molecule has 0 saturated carbocycles. The lowest BCUT2D eigenvalue weighted by Gasteiger charge is -2.38. The van der Waals surface area contributed by atoms with Crippen molar-refractivity contribution in [3.8, 4) is 0 Å². The molecule has 3 aliphatic rings. The number of piperazine rings is 1. The van der Waals surface area contributed by atoms with Crippen molar-refractivity contribution in [3.63, 3.8) is 0 Å². The van der Waals surface area contributed by atoms with Crippen LogP contribution in [0.3, 0.4) is 0 Å². The number of carbonyl (C=O) groups excluding carboxylic acids is 2. The first kappa shape index (κ1) is 31.2. The number of nitrogens with zero attached hydrogens (tertiary/aromatic N) is 2. The second kappa shape index (κ2) is 12.0. The maximum absolute atomic E-state index is 15.9. The SMILES string of the molecule is CC(C)N1CCN(CCNC(=O)C2NC(CC(C)(C)C)C3(C(=O)Nc4cc(Cl)ccc43)C2c2cccc(Cl)c2F)CC1. The number of fused-ring (bicyclic) bond motifs is 2. The summed E-state index contributed by atoms with van der Waals surface area (Å²) < 4.78 is 15.9. The summed E-state index contributed by atoms with van der Waals surface area (Å²) in [5, 5.41) is 10.1. The van der Waals surface area contributed by atoms with Gasteiger partial charge in [0.05, 0.1) is 11.1 Å².